The van der Waals surface area contributed by atoms with Crippen molar-refractivity contribution in [1.82, 2.24) is 20.1 Å². The molecule has 1 aliphatic rings. The van der Waals surface area contributed by atoms with Crippen molar-refractivity contribution in [1.29, 1.82) is 0 Å². The number of para-hydroxylation sites is 2. The van der Waals surface area contributed by atoms with Gasteiger partial charge in [-0.1, -0.05) is 48.2 Å². The van der Waals surface area contributed by atoms with Gasteiger partial charge >= 0.3 is 11.3 Å². The Bertz CT molecular complexity index is 1290. The third kappa shape index (κ3) is 3.30. The molecule has 150 valence electrons. The summed E-state index contributed by atoms with van der Waals surface area (Å²) in [6, 6.07) is 17.2. The minimum atomic E-state index is -0.493. The Balaban J connectivity index is 1.49. The Morgan fingerprint density at radius 3 is 2.80 bits per heavy atom. The average Bonchev–Trinajstić information content (AvgIpc) is 3.36. The lowest BCUT2D eigenvalue weighted by Crippen LogP contribution is -2.42. The van der Waals surface area contributed by atoms with Crippen molar-refractivity contribution in [3.8, 4) is 11.4 Å². The number of rotatable bonds is 5. The number of aromatic nitrogens is 5. The zero-order valence-electron chi connectivity index (χ0n) is 16.0. The first-order valence-electron chi connectivity index (χ1n) is 9.23. The zero-order chi connectivity index (χ0) is 20.5. The number of nitrogens with zero attached hydrogens (tertiary/aromatic N) is 5. The molecule has 5 rings (SSSR count). The van der Waals surface area contributed by atoms with Crippen LogP contribution < -0.4 is 15.0 Å². The van der Waals surface area contributed by atoms with Gasteiger partial charge in [0.25, 0.3) is 0 Å². The van der Waals surface area contributed by atoms with Crippen LogP contribution in [0.25, 0.3) is 5.69 Å². The molecular formula is C20H17N6O3S+. The minimum absolute atomic E-state index is 0.204. The van der Waals surface area contributed by atoms with Crippen LogP contribution in [0, 0.1) is 6.92 Å². The molecule has 0 saturated heterocycles. The topological polar surface area (TPSA) is 102 Å². The maximum absolute atomic E-state index is 12.4. The molecule has 0 amide bonds. The smallest absolute Gasteiger partial charge is 0.437 e. The molecule has 10 heteroatoms. The van der Waals surface area contributed by atoms with E-state index < -0.39 is 5.63 Å². The Morgan fingerprint density at radius 1 is 1.17 bits per heavy atom. The Kier molecular flexibility index (Phi) is 4.68. The fraction of sp³-hybridized carbons (Fsp3) is 0.150. The number of aromatic amines is 1. The molecule has 2 aromatic carbocycles. The number of benzene rings is 2. The van der Waals surface area contributed by atoms with Gasteiger partial charge < -0.3 is 4.74 Å². The van der Waals surface area contributed by atoms with E-state index in [0.717, 1.165) is 17.0 Å². The molecule has 9 nitrogen and oxygen atoms in total. The summed E-state index contributed by atoms with van der Waals surface area (Å²) in [7, 11) is 0. The summed E-state index contributed by atoms with van der Waals surface area (Å²) >= 11 is 1.45. The number of ether oxygens (including phenoxy) is 1. The SMILES string of the molecule is Cc1ccccc1OCc1nnc2n1N=C(c1c(=O)o[nH][n+]1-c1ccccc1)CS2. The maximum Gasteiger partial charge on any atom is 0.437 e. The van der Waals surface area contributed by atoms with E-state index in [-0.39, 0.29) is 6.61 Å². The lowest BCUT2D eigenvalue weighted by atomic mass is 10.2. The second-order valence-corrected chi connectivity index (χ2v) is 7.54. The van der Waals surface area contributed by atoms with Crippen LogP contribution in [-0.2, 0) is 6.61 Å². The molecule has 0 fully saturated rings. The monoisotopic (exact) mass is 421 g/mol. The van der Waals surface area contributed by atoms with E-state index in [0.29, 0.717) is 28.1 Å². The standard InChI is InChI=1S/C20H16N6O3S/c1-13-7-5-6-10-16(13)28-11-17-21-22-20-26(17)23-15(12-30-20)18-19(27)29-24-25(18)14-8-3-2-4-9-14/h2-10H,11-12H2,1H3/p+1. The molecular weight excluding hydrogens is 404 g/mol. The Labute approximate surface area is 175 Å². The number of H-pyrrole nitrogens is 1. The van der Waals surface area contributed by atoms with Crippen LogP contribution in [-0.4, -0.2) is 31.6 Å². The second-order valence-electron chi connectivity index (χ2n) is 6.60. The first-order chi connectivity index (χ1) is 14.7. The number of hydrogen-bond donors (Lipinski definition) is 1. The van der Waals surface area contributed by atoms with E-state index in [2.05, 4.69) is 20.6 Å². The fourth-order valence-electron chi connectivity index (χ4n) is 3.11. The normalized spacial score (nSPS) is 13.0. The molecule has 0 aliphatic carbocycles. The number of hydrogen-bond acceptors (Lipinski definition) is 7. The van der Waals surface area contributed by atoms with Gasteiger partial charge in [-0.2, -0.15) is 9.78 Å². The van der Waals surface area contributed by atoms with Gasteiger partial charge in [0.15, 0.2) is 11.5 Å². The quantitative estimate of drug-likeness (QED) is 0.495. The van der Waals surface area contributed by atoms with Crippen LogP contribution in [0.1, 0.15) is 17.1 Å². The molecule has 0 spiro atoms. The highest BCUT2D eigenvalue weighted by atomic mass is 32.2. The number of nitrogens with one attached hydrogen (secondary N) is 1. The van der Waals surface area contributed by atoms with Gasteiger partial charge in [0.2, 0.25) is 10.8 Å². The molecule has 0 radical (unpaired) electrons. The third-order valence-electron chi connectivity index (χ3n) is 4.62. The van der Waals surface area contributed by atoms with E-state index >= 15 is 0 Å². The zero-order valence-corrected chi connectivity index (χ0v) is 16.8. The first-order valence-corrected chi connectivity index (χ1v) is 10.2. The largest absolute Gasteiger partial charge is 0.485 e. The summed E-state index contributed by atoms with van der Waals surface area (Å²) < 4.78 is 14.1. The van der Waals surface area contributed by atoms with E-state index in [1.807, 2.05) is 61.5 Å². The highest BCUT2D eigenvalue weighted by Crippen LogP contribution is 2.24. The fourth-order valence-corrected chi connectivity index (χ4v) is 3.94. The van der Waals surface area contributed by atoms with Gasteiger partial charge in [-0.15, -0.1) is 10.2 Å². The second kappa shape index (κ2) is 7.64. The average molecular weight is 421 g/mol. The van der Waals surface area contributed by atoms with E-state index in [4.69, 9.17) is 9.26 Å². The van der Waals surface area contributed by atoms with E-state index in [1.54, 1.807) is 9.36 Å². The molecule has 0 saturated carbocycles. The number of aryl methyl sites for hydroxylation is 1. The molecule has 3 heterocycles. The molecule has 30 heavy (non-hydrogen) atoms. The Hall–Kier alpha value is -3.66. The van der Waals surface area contributed by atoms with Crippen molar-refractivity contribution in [3.05, 3.63) is 82.1 Å². The highest BCUT2D eigenvalue weighted by Gasteiger charge is 2.32. The van der Waals surface area contributed by atoms with Crippen LogP contribution >= 0.6 is 11.8 Å². The van der Waals surface area contributed by atoms with Crippen molar-refractivity contribution < 1.29 is 13.9 Å². The van der Waals surface area contributed by atoms with Crippen LogP contribution in [0.2, 0.25) is 0 Å². The summed E-state index contributed by atoms with van der Waals surface area (Å²) in [5.41, 5.74) is 2.20. The van der Waals surface area contributed by atoms with Gasteiger partial charge in [0.1, 0.15) is 12.4 Å². The lowest BCUT2D eigenvalue weighted by Gasteiger charge is -2.12. The molecule has 0 atom stereocenters. The molecule has 0 unspecified atom stereocenters. The van der Waals surface area contributed by atoms with Crippen molar-refractivity contribution in [2.75, 3.05) is 5.75 Å². The Morgan fingerprint density at radius 2 is 1.97 bits per heavy atom. The van der Waals surface area contributed by atoms with Crippen molar-refractivity contribution >= 4 is 17.5 Å². The van der Waals surface area contributed by atoms with Crippen LogP contribution in [0.5, 0.6) is 5.75 Å². The summed E-state index contributed by atoms with van der Waals surface area (Å²) in [4.78, 5) is 12.4. The van der Waals surface area contributed by atoms with Gasteiger partial charge in [-0.3, -0.25) is 4.52 Å². The van der Waals surface area contributed by atoms with Crippen molar-refractivity contribution in [3.63, 3.8) is 0 Å². The summed E-state index contributed by atoms with van der Waals surface area (Å²) in [6.07, 6.45) is 0. The summed E-state index contributed by atoms with van der Waals surface area (Å²) in [6.45, 7) is 2.18. The van der Waals surface area contributed by atoms with Crippen LogP contribution in [0.15, 0.2) is 74.2 Å². The van der Waals surface area contributed by atoms with Crippen molar-refractivity contribution in [2.24, 2.45) is 5.10 Å². The first kappa shape index (κ1) is 18.4. The van der Waals surface area contributed by atoms with E-state index in [1.165, 1.54) is 11.8 Å². The third-order valence-corrected chi connectivity index (χ3v) is 5.55. The van der Waals surface area contributed by atoms with Gasteiger partial charge in [0.05, 0.1) is 5.75 Å². The lowest BCUT2D eigenvalue weighted by molar-refractivity contribution is -0.671. The molecule has 1 aliphatic heterocycles. The van der Waals surface area contributed by atoms with E-state index in [9.17, 15) is 4.79 Å². The predicted octanol–water partition coefficient (Wildman–Crippen LogP) is 2.08. The van der Waals surface area contributed by atoms with Gasteiger partial charge in [-0.25, -0.2) is 4.79 Å². The predicted molar refractivity (Wildman–Crippen MR) is 109 cm³/mol. The molecule has 0 bridgehead atoms. The minimum Gasteiger partial charge on any atom is -0.485 e. The molecule has 4 aromatic rings. The number of fused-ring (bicyclic) bond motifs is 1. The van der Waals surface area contributed by atoms with Gasteiger partial charge in [0, 0.05) is 12.1 Å². The highest BCUT2D eigenvalue weighted by molar-refractivity contribution is 7.99. The van der Waals surface area contributed by atoms with Crippen LogP contribution in [0.4, 0.5) is 0 Å². The maximum atomic E-state index is 12.4. The number of thioether (sulfide) groups is 1. The summed E-state index contributed by atoms with van der Waals surface area (Å²) in [5, 5.41) is 16.3. The molecule has 2 aromatic heterocycles. The summed E-state index contributed by atoms with van der Waals surface area (Å²) in [5.74, 6) is 1.78. The van der Waals surface area contributed by atoms with Gasteiger partial charge in [-0.05, 0) is 28.5 Å². The van der Waals surface area contributed by atoms with Crippen LogP contribution in [0.3, 0.4) is 0 Å². The van der Waals surface area contributed by atoms with Crippen molar-refractivity contribution in [2.45, 2.75) is 18.7 Å². The molecule has 1 N–H and O–H groups in total.